The number of ether oxygens (including phenoxy) is 1. The van der Waals surface area contributed by atoms with Gasteiger partial charge in [-0.3, -0.25) is 4.79 Å². The zero-order valence-electron chi connectivity index (χ0n) is 10.5. The molecule has 0 saturated heterocycles. The molecule has 0 atom stereocenters. The number of hydrazone groups is 1. The lowest BCUT2D eigenvalue weighted by Gasteiger charge is -2.07. The lowest BCUT2D eigenvalue weighted by atomic mass is 10.3. The van der Waals surface area contributed by atoms with Gasteiger partial charge in [0.2, 0.25) is 0 Å². The first-order valence-electron chi connectivity index (χ1n) is 5.68. The van der Waals surface area contributed by atoms with Crippen LogP contribution < -0.4 is 10.2 Å². The summed E-state index contributed by atoms with van der Waals surface area (Å²) in [6, 6.07) is 6.97. The molecule has 1 aromatic carbocycles. The van der Waals surface area contributed by atoms with Crippen molar-refractivity contribution in [1.82, 2.24) is 5.43 Å². The number of nitrogens with zero attached hydrogens (tertiary/aromatic N) is 1. The van der Waals surface area contributed by atoms with Crippen LogP contribution in [0.25, 0.3) is 0 Å². The molecular weight excluding hydrogens is 443 g/mol. The van der Waals surface area contributed by atoms with Crippen molar-refractivity contribution in [2.75, 3.05) is 6.61 Å². The zero-order chi connectivity index (χ0) is 15.2. The monoisotopic (exact) mass is 450 g/mol. The quantitative estimate of drug-likeness (QED) is 0.538. The zero-order valence-corrected chi connectivity index (χ0v) is 15.2. The van der Waals surface area contributed by atoms with E-state index in [-0.39, 0.29) is 12.5 Å². The van der Waals surface area contributed by atoms with Crippen molar-refractivity contribution in [2.24, 2.45) is 5.10 Å². The summed E-state index contributed by atoms with van der Waals surface area (Å²) >= 11 is 14.0. The van der Waals surface area contributed by atoms with Crippen molar-refractivity contribution in [3.05, 3.63) is 48.5 Å². The van der Waals surface area contributed by atoms with E-state index in [0.29, 0.717) is 15.2 Å². The van der Waals surface area contributed by atoms with Crippen LogP contribution in [0.2, 0.25) is 5.02 Å². The smallest absolute Gasteiger partial charge is 0.277 e. The van der Waals surface area contributed by atoms with Crippen molar-refractivity contribution in [3.8, 4) is 5.75 Å². The molecule has 8 heteroatoms. The van der Waals surface area contributed by atoms with E-state index in [4.69, 9.17) is 16.3 Å². The van der Waals surface area contributed by atoms with E-state index >= 15 is 0 Å². The van der Waals surface area contributed by atoms with Gasteiger partial charge in [0, 0.05) is 19.8 Å². The van der Waals surface area contributed by atoms with Gasteiger partial charge in [-0.25, -0.2) is 5.43 Å². The van der Waals surface area contributed by atoms with Gasteiger partial charge >= 0.3 is 0 Å². The standard InChI is InChI=1S/C13H9Br2ClN2O2S/c14-8-3-10(21-7-8)5-17-18-13(19)6-20-12-2-1-9(16)4-11(12)15/h1-5,7H,6H2,(H,18,19)/b17-5-. The molecule has 1 aromatic heterocycles. The van der Waals surface area contributed by atoms with Crippen molar-refractivity contribution in [1.29, 1.82) is 0 Å². The molecule has 0 radical (unpaired) electrons. The molecule has 0 bridgehead atoms. The summed E-state index contributed by atoms with van der Waals surface area (Å²) in [5, 5.41) is 6.38. The maximum Gasteiger partial charge on any atom is 0.277 e. The average Bonchev–Trinajstić information content (AvgIpc) is 2.83. The van der Waals surface area contributed by atoms with Crippen molar-refractivity contribution in [2.45, 2.75) is 0 Å². The summed E-state index contributed by atoms with van der Waals surface area (Å²) in [6.07, 6.45) is 1.57. The second-order valence-electron chi connectivity index (χ2n) is 3.82. The number of amides is 1. The molecule has 2 rings (SSSR count). The number of halogens is 3. The largest absolute Gasteiger partial charge is 0.483 e. The third kappa shape index (κ3) is 5.43. The van der Waals surface area contributed by atoms with Gasteiger partial charge in [-0.15, -0.1) is 11.3 Å². The van der Waals surface area contributed by atoms with Gasteiger partial charge in [-0.05, 0) is 56.1 Å². The van der Waals surface area contributed by atoms with E-state index in [1.165, 1.54) is 11.3 Å². The first-order chi connectivity index (χ1) is 10.0. The van der Waals surface area contributed by atoms with Crippen LogP contribution in [0.4, 0.5) is 0 Å². The Morgan fingerprint density at radius 1 is 1.43 bits per heavy atom. The van der Waals surface area contributed by atoms with E-state index in [1.807, 2.05) is 11.4 Å². The Kier molecular flexibility index (Phi) is 6.22. The highest BCUT2D eigenvalue weighted by Gasteiger charge is 2.05. The number of thiophene rings is 1. The molecule has 21 heavy (non-hydrogen) atoms. The van der Waals surface area contributed by atoms with E-state index in [1.54, 1.807) is 24.4 Å². The highest BCUT2D eigenvalue weighted by molar-refractivity contribution is 9.10. The van der Waals surface area contributed by atoms with E-state index in [9.17, 15) is 4.79 Å². The number of benzene rings is 1. The van der Waals surface area contributed by atoms with Crippen LogP contribution in [-0.4, -0.2) is 18.7 Å². The minimum atomic E-state index is -0.344. The molecule has 4 nitrogen and oxygen atoms in total. The van der Waals surface area contributed by atoms with Gasteiger partial charge in [0.25, 0.3) is 5.91 Å². The molecule has 1 N–H and O–H groups in total. The van der Waals surface area contributed by atoms with E-state index in [2.05, 4.69) is 42.4 Å². The number of rotatable bonds is 5. The van der Waals surface area contributed by atoms with Crippen molar-refractivity contribution in [3.63, 3.8) is 0 Å². The van der Waals surface area contributed by atoms with Gasteiger partial charge in [-0.2, -0.15) is 5.10 Å². The molecular formula is C13H9Br2ClN2O2S. The Morgan fingerprint density at radius 3 is 2.90 bits per heavy atom. The highest BCUT2D eigenvalue weighted by Crippen LogP contribution is 2.27. The third-order valence-corrected chi connectivity index (χ3v) is 4.70. The van der Waals surface area contributed by atoms with Crippen molar-refractivity contribution < 1.29 is 9.53 Å². The molecule has 1 heterocycles. The fourth-order valence-corrected chi connectivity index (χ4v) is 3.43. The second kappa shape index (κ2) is 7.93. The normalized spacial score (nSPS) is 10.8. The lowest BCUT2D eigenvalue weighted by molar-refractivity contribution is -0.123. The van der Waals surface area contributed by atoms with Gasteiger partial charge in [0.1, 0.15) is 5.75 Å². The van der Waals surface area contributed by atoms with Gasteiger partial charge in [0.05, 0.1) is 10.7 Å². The minimum Gasteiger partial charge on any atom is -0.483 e. The summed E-state index contributed by atoms with van der Waals surface area (Å²) in [5.41, 5.74) is 2.40. The Labute approximate surface area is 147 Å². The molecule has 0 saturated carbocycles. The summed E-state index contributed by atoms with van der Waals surface area (Å²) in [5.74, 6) is 0.199. The number of hydrogen-bond donors (Lipinski definition) is 1. The van der Waals surface area contributed by atoms with Crippen molar-refractivity contribution >= 4 is 66.9 Å². The number of hydrogen-bond acceptors (Lipinski definition) is 4. The van der Waals surface area contributed by atoms with Crippen LogP contribution in [0.3, 0.4) is 0 Å². The molecule has 0 fully saturated rings. The molecule has 0 unspecified atom stereocenters. The van der Waals surface area contributed by atoms with Crippen LogP contribution in [0.5, 0.6) is 5.75 Å². The number of carbonyl (C=O) groups excluding carboxylic acids is 1. The minimum absolute atomic E-state index is 0.133. The van der Waals surface area contributed by atoms with Crippen LogP contribution in [-0.2, 0) is 4.79 Å². The fourth-order valence-electron chi connectivity index (χ4n) is 1.33. The first kappa shape index (κ1) is 16.5. The summed E-state index contributed by atoms with van der Waals surface area (Å²) in [6.45, 7) is -0.133. The predicted molar refractivity (Wildman–Crippen MR) is 92.4 cm³/mol. The van der Waals surface area contributed by atoms with Crippen LogP contribution in [0, 0.1) is 0 Å². The molecule has 1 amide bonds. The lowest BCUT2D eigenvalue weighted by Crippen LogP contribution is -2.24. The topological polar surface area (TPSA) is 50.7 Å². The predicted octanol–water partition coefficient (Wildman–Crippen LogP) is 4.46. The highest BCUT2D eigenvalue weighted by atomic mass is 79.9. The number of nitrogens with one attached hydrogen (secondary N) is 1. The average molecular weight is 453 g/mol. The second-order valence-corrected chi connectivity index (χ2v) is 6.97. The van der Waals surface area contributed by atoms with Gasteiger partial charge in [-0.1, -0.05) is 11.6 Å². The molecule has 110 valence electrons. The Morgan fingerprint density at radius 2 is 2.24 bits per heavy atom. The molecule has 0 aliphatic heterocycles. The molecule has 0 aliphatic carbocycles. The first-order valence-corrected chi connectivity index (χ1v) is 8.53. The van der Waals surface area contributed by atoms with Crippen LogP contribution in [0.1, 0.15) is 4.88 Å². The Hall–Kier alpha value is -0.890. The SMILES string of the molecule is O=C(COc1ccc(Cl)cc1Br)N/N=C\c1cc(Br)cs1. The van der Waals surface area contributed by atoms with E-state index in [0.717, 1.165) is 9.35 Å². The van der Waals surface area contributed by atoms with E-state index < -0.39 is 0 Å². The molecule has 0 spiro atoms. The Balaban J connectivity index is 1.81. The maximum atomic E-state index is 11.6. The fraction of sp³-hybridized carbons (Fsp3) is 0.0769. The summed E-state index contributed by atoms with van der Waals surface area (Å²) in [7, 11) is 0. The van der Waals surface area contributed by atoms with Gasteiger partial charge in [0.15, 0.2) is 6.61 Å². The molecule has 0 aliphatic rings. The maximum absolute atomic E-state index is 11.6. The van der Waals surface area contributed by atoms with Crippen LogP contribution >= 0.6 is 54.8 Å². The summed E-state index contributed by atoms with van der Waals surface area (Å²) in [4.78, 5) is 12.5. The Bertz CT molecular complexity index is 676. The third-order valence-electron chi connectivity index (χ3n) is 2.22. The van der Waals surface area contributed by atoms with Gasteiger partial charge < -0.3 is 4.74 Å². The summed E-state index contributed by atoms with van der Waals surface area (Å²) < 4.78 is 7.04. The molecule has 2 aromatic rings. The number of carbonyl (C=O) groups is 1. The van der Waals surface area contributed by atoms with Crippen LogP contribution in [0.15, 0.2) is 43.7 Å².